The molecule has 96 valence electrons. The number of hydroxylamine groups is 1. The van der Waals surface area contributed by atoms with Crippen LogP contribution in [0.1, 0.15) is 10.4 Å². The summed E-state index contributed by atoms with van der Waals surface area (Å²) in [6.45, 7) is 0. The molecule has 0 saturated heterocycles. The topological polar surface area (TPSA) is 38.8 Å². The van der Waals surface area contributed by atoms with Gasteiger partial charge in [0.15, 0.2) is 5.75 Å². The molecular formula is C14H10BrNO3. The molecule has 0 radical (unpaired) electrons. The van der Waals surface area contributed by atoms with E-state index >= 15 is 0 Å². The van der Waals surface area contributed by atoms with Gasteiger partial charge in [0.1, 0.15) is 11.4 Å². The Morgan fingerprint density at radius 3 is 2.74 bits per heavy atom. The molecule has 0 atom stereocenters. The van der Waals surface area contributed by atoms with Gasteiger partial charge in [0.05, 0.1) is 12.7 Å². The van der Waals surface area contributed by atoms with Crippen LogP contribution < -0.4 is 9.80 Å². The highest BCUT2D eigenvalue weighted by atomic mass is 79.9. The summed E-state index contributed by atoms with van der Waals surface area (Å²) in [5, 5.41) is 1.23. The minimum Gasteiger partial charge on any atom is -0.454 e. The predicted octanol–water partition coefficient (Wildman–Crippen LogP) is 3.76. The number of para-hydroxylation sites is 1. The van der Waals surface area contributed by atoms with Crippen LogP contribution in [-0.4, -0.2) is 13.0 Å². The zero-order valence-corrected chi connectivity index (χ0v) is 11.7. The zero-order chi connectivity index (χ0) is 13.4. The van der Waals surface area contributed by atoms with Crippen molar-refractivity contribution < 1.29 is 14.4 Å². The number of benzene rings is 2. The lowest BCUT2D eigenvalue weighted by atomic mass is 10.2. The SMILES string of the molecule is CON1C(=O)c2ccccc2Oc2ccc(Br)cc21. The normalized spacial score (nSPS) is 13.4. The van der Waals surface area contributed by atoms with E-state index in [-0.39, 0.29) is 5.91 Å². The number of carbonyl (C=O) groups excluding carboxylic acids is 1. The number of fused-ring (bicyclic) bond motifs is 2. The van der Waals surface area contributed by atoms with Crippen molar-refractivity contribution >= 4 is 27.5 Å². The smallest absolute Gasteiger partial charge is 0.286 e. The van der Waals surface area contributed by atoms with Crippen molar-refractivity contribution in [2.75, 3.05) is 12.2 Å². The molecule has 1 heterocycles. The molecular weight excluding hydrogens is 310 g/mol. The molecule has 1 amide bonds. The molecule has 4 nitrogen and oxygen atoms in total. The van der Waals surface area contributed by atoms with Gasteiger partial charge in [-0.15, -0.1) is 0 Å². The third-order valence-corrected chi connectivity index (χ3v) is 3.34. The average Bonchev–Trinajstić information content (AvgIpc) is 2.53. The zero-order valence-electron chi connectivity index (χ0n) is 10.1. The number of hydrogen-bond acceptors (Lipinski definition) is 3. The van der Waals surface area contributed by atoms with Gasteiger partial charge in [0, 0.05) is 4.47 Å². The predicted molar refractivity (Wildman–Crippen MR) is 74.5 cm³/mol. The molecule has 3 rings (SSSR count). The second-order valence-electron chi connectivity index (χ2n) is 3.99. The second kappa shape index (κ2) is 4.68. The maximum Gasteiger partial charge on any atom is 0.286 e. The quantitative estimate of drug-likeness (QED) is 0.803. The Kier molecular flexibility index (Phi) is 3.00. The third-order valence-electron chi connectivity index (χ3n) is 2.84. The summed E-state index contributed by atoms with van der Waals surface area (Å²) in [6, 6.07) is 12.5. The Labute approximate surface area is 118 Å². The van der Waals surface area contributed by atoms with E-state index in [0.717, 1.165) is 4.47 Å². The summed E-state index contributed by atoms with van der Waals surface area (Å²) in [5.74, 6) is 0.842. The Balaban J connectivity index is 2.23. The number of hydrogen-bond donors (Lipinski definition) is 0. The van der Waals surface area contributed by atoms with Crippen LogP contribution in [0, 0.1) is 0 Å². The average molecular weight is 320 g/mol. The number of halogens is 1. The van der Waals surface area contributed by atoms with Crippen molar-refractivity contribution in [3.05, 3.63) is 52.5 Å². The van der Waals surface area contributed by atoms with E-state index < -0.39 is 0 Å². The van der Waals surface area contributed by atoms with E-state index in [1.54, 1.807) is 30.3 Å². The molecule has 2 aromatic carbocycles. The fraction of sp³-hybridized carbons (Fsp3) is 0.0714. The lowest BCUT2D eigenvalue weighted by molar-refractivity contribution is 0.0775. The van der Waals surface area contributed by atoms with Crippen LogP contribution in [0.4, 0.5) is 5.69 Å². The van der Waals surface area contributed by atoms with Crippen LogP contribution in [0.3, 0.4) is 0 Å². The molecule has 0 N–H and O–H groups in total. The molecule has 0 aliphatic carbocycles. The van der Waals surface area contributed by atoms with Crippen LogP contribution in [0.2, 0.25) is 0 Å². The lowest BCUT2D eigenvalue weighted by Crippen LogP contribution is -2.28. The third kappa shape index (κ3) is 2.01. The van der Waals surface area contributed by atoms with Gasteiger partial charge in [0.25, 0.3) is 5.91 Å². The summed E-state index contributed by atoms with van der Waals surface area (Å²) in [5.41, 5.74) is 1.04. The van der Waals surface area contributed by atoms with Gasteiger partial charge in [0.2, 0.25) is 0 Å². The molecule has 2 aromatic rings. The van der Waals surface area contributed by atoms with Gasteiger partial charge >= 0.3 is 0 Å². The van der Waals surface area contributed by atoms with Crippen LogP contribution >= 0.6 is 15.9 Å². The summed E-state index contributed by atoms with van der Waals surface area (Å²) in [4.78, 5) is 17.7. The van der Waals surface area contributed by atoms with Crippen molar-refractivity contribution in [2.45, 2.75) is 0 Å². The molecule has 0 fully saturated rings. The highest BCUT2D eigenvalue weighted by Crippen LogP contribution is 2.40. The van der Waals surface area contributed by atoms with E-state index in [1.807, 2.05) is 12.1 Å². The molecule has 0 bridgehead atoms. The Hall–Kier alpha value is -1.85. The first-order valence-corrected chi connectivity index (χ1v) is 6.45. The molecule has 5 heteroatoms. The van der Waals surface area contributed by atoms with Gasteiger partial charge in [-0.1, -0.05) is 28.1 Å². The maximum absolute atomic E-state index is 12.4. The van der Waals surface area contributed by atoms with Gasteiger partial charge in [-0.3, -0.25) is 9.63 Å². The molecule has 1 aliphatic rings. The van der Waals surface area contributed by atoms with E-state index in [0.29, 0.717) is 22.7 Å². The van der Waals surface area contributed by atoms with Crippen LogP contribution in [-0.2, 0) is 4.84 Å². The standard InChI is InChI=1S/C14H10BrNO3/c1-18-16-11-8-9(15)6-7-13(11)19-12-5-3-2-4-10(12)14(16)17/h2-8H,1H3. The van der Waals surface area contributed by atoms with Crippen molar-refractivity contribution in [1.29, 1.82) is 0 Å². The first kappa shape index (κ1) is 12.2. The van der Waals surface area contributed by atoms with E-state index in [9.17, 15) is 4.79 Å². The maximum atomic E-state index is 12.4. The number of rotatable bonds is 1. The van der Waals surface area contributed by atoms with Crippen molar-refractivity contribution in [1.82, 2.24) is 0 Å². The molecule has 0 spiro atoms. The van der Waals surface area contributed by atoms with E-state index in [2.05, 4.69) is 15.9 Å². The van der Waals surface area contributed by atoms with E-state index in [1.165, 1.54) is 12.2 Å². The van der Waals surface area contributed by atoms with Crippen molar-refractivity contribution in [3.63, 3.8) is 0 Å². The number of anilines is 1. The summed E-state index contributed by atoms with van der Waals surface area (Å²) in [6.07, 6.45) is 0. The van der Waals surface area contributed by atoms with Crippen LogP contribution in [0.5, 0.6) is 11.5 Å². The van der Waals surface area contributed by atoms with Gasteiger partial charge < -0.3 is 4.74 Å². The fourth-order valence-electron chi connectivity index (χ4n) is 1.99. The van der Waals surface area contributed by atoms with E-state index in [4.69, 9.17) is 9.57 Å². The minimum absolute atomic E-state index is 0.255. The van der Waals surface area contributed by atoms with Crippen molar-refractivity contribution in [3.8, 4) is 11.5 Å². The largest absolute Gasteiger partial charge is 0.454 e. The first-order chi connectivity index (χ1) is 9.20. The molecule has 0 unspecified atom stereocenters. The minimum atomic E-state index is -0.255. The number of ether oxygens (including phenoxy) is 1. The lowest BCUT2D eigenvalue weighted by Gasteiger charge is -2.18. The highest BCUT2D eigenvalue weighted by molar-refractivity contribution is 9.10. The molecule has 1 aliphatic heterocycles. The number of carbonyl (C=O) groups is 1. The molecule has 0 saturated carbocycles. The van der Waals surface area contributed by atoms with Gasteiger partial charge in [-0.2, -0.15) is 5.06 Å². The fourth-order valence-corrected chi connectivity index (χ4v) is 2.34. The number of amides is 1. The Morgan fingerprint density at radius 1 is 1.16 bits per heavy atom. The first-order valence-electron chi connectivity index (χ1n) is 5.65. The number of nitrogens with zero attached hydrogens (tertiary/aromatic N) is 1. The molecule has 19 heavy (non-hydrogen) atoms. The molecule has 0 aromatic heterocycles. The van der Waals surface area contributed by atoms with Crippen LogP contribution in [0.15, 0.2) is 46.9 Å². The van der Waals surface area contributed by atoms with Crippen molar-refractivity contribution in [2.24, 2.45) is 0 Å². The van der Waals surface area contributed by atoms with Gasteiger partial charge in [-0.05, 0) is 30.3 Å². The summed E-state index contributed by atoms with van der Waals surface area (Å²) in [7, 11) is 1.45. The summed E-state index contributed by atoms with van der Waals surface area (Å²) < 4.78 is 6.64. The Morgan fingerprint density at radius 2 is 1.95 bits per heavy atom. The summed E-state index contributed by atoms with van der Waals surface area (Å²) >= 11 is 3.38. The highest BCUT2D eigenvalue weighted by Gasteiger charge is 2.28. The van der Waals surface area contributed by atoms with Crippen LogP contribution in [0.25, 0.3) is 0 Å². The Bertz CT molecular complexity index is 657. The van der Waals surface area contributed by atoms with Gasteiger partial charge in [-0.25, -0.2) is 0 Å². The monoisotopic (exact) mass is 319 g/mol. The second-order valence-corrected chi connectivity index (χ2v) is 4.91.